The summed E-state index contributed by atoms with van der Waals surface area (Å²) in [5.74, 6) is 0. The van der Waals surface area contributed by atoms with Gasteiger partial charge in [0, 0.05) is 6.54 Å². The van der Waals surface area contributed by atoms with Gasteiger partial charge in [0.05, 0.1) is 0 Å². The van der Waals surface area contributed by atoms with Crippen molar-refractivity contribution in [3.63, 3.8) is 0 Å². The Balaban J connectivity index is 3.21. The number of hydrogen-bond donors (Lipinski definition) is 2. The minimum absolute atomic E-state index is 0.913. The van der Waals surface area contributed by atoms with E-state index in [1.807, 2.05) is 7.05 Å². The lowest BCUT2D eigenvalue weighted by atomic mass is 10.2. The van der Waals surface area contributed by atoms with Crippen molar-refractivity contribution in [3.8, 4) is 0 Å². The number of allylic oxidation sites excluding steroid dienone is 1. The van der Waals surface area contributed by atoms with Crippen LogP contribution in [0.2, 0.25) is 0 Å². The molecule has 0 radical (unpaired) electrons. The van der Waals surface area contributed by atoms with Crippen molar-refractivity contribution in [2.45, 2.75) is 20.3 Å². The van der Waals surface area contributed by atoms with Gasteiger partial charge in [-0.1, -0.05) is 18.6 Å². The molecule has 2 N–H and O–H groups in total. The summed E-state index contributed by atoms with van der Waals surface area (Å²) < 4.78 is 0. The lowest BCUT2D eigenvalue weighted by molar-refractivity contribution is 0.644. The lowest BCUT2D eigenvalue weighted by Gasteiger charge is -1.97. The summed E-state index contributed by atoms with van der Waals surface area (Å²) in [6.07, 6.45) is 3.32. The average Bonchev–Trinajstić information content (AvgIpc) is 1.89. The third-order valence-electron chi connectivity index (χ3n) is 1.29. The van der Waals surface area contributed by atoms with Crippen LogP contribution in [-0.4, -0.2) is 13.6 Å². The molecule has 0 fully saturated rings. The zero-order valence-electron chi connectivity index (χ0n) is 6.49. The predicted octanol–water partition coefficient (Wildman–Crippen LogP) is 1.07. The van der Waals surface area contributed by atoms with Gasteiger partial charge < -0.3 is 0 Å². The molecule has 0 aromatic carbocycles. The predicted molar refractivity (Wildman–Crippen MR) is 41.1 cm³/mol. The van der Waals surface area contributed by atoms with Crippen molar-refractivity contribution in [1.29, 1.82) is 0 Å². The number of nitrogens with one attached hydrogen (secondary N) is 2. The molecule has 0 atom stereocenters. The van der Waals surface area contributed by atoms with Gasteiger partial charge in [-0.15, -0.1) is 0 Å². The van der Waals surface area contributed by atoms with Crippen LogP contribution in [0.4, 0.5) is 0 Å². The van der Waals surface area contributed by atoms with E-state index in [0.717, 1.165) is 13.0 Å². The van der Waals surface area contributed by atoms with Crippen molar-refractivity contribution in [2.24, 2.45) is 0 Å². The molecule has 2 nitrogen and oxygen atoms in total. The summed E-state index contributed by atoms with van der Waals surface area (Å²) in [5, 5.41) is 0. The van der Waals surface area contributed by atoms with Gasteiger partial charge in [-0.05, 0) is 20.4 Å². The van der Waals surface area contributed by atoms with E-state index >= 15 is 0 Å². The molecule has 0 saturated heterocycles. The van der Waals surface area contributed by atoms with Crippen molar-refractivity contribution in [2.75, 3.05) is 13.6 Å². The number of hydrazine groups is 1. The van der Waals surface area contributed by atoms with E-state index in [9.17, 15) is 0 Å². The minimum Gasteiger partial charge on any atom is -0.261 e. The van der Waals surface area contributed by atoms with Crippen LogP contribution in [0.1, 0.15) is 20.3 Å². The summed E-state index contributed by atoms with van der Waals surface area (Å²) in [5.41, 5.74) is 7.27. The van der Waals surface area contributed by atoms with Crippen LogP contribution in [0, 0.1) is 0 Å². The molecular weight excluding hydrogens is 112 g/mol. The van der Waals surface area contributed by atoms with E-state index in [4.69, 9.17) is 0 Å². The van der Waals surface area contributed by atoms with Crippen LogP contribution in [-0.2, 0) is 0 Å². The highest BCUT2D eigenvalue weighted by Crippen LogP contribution is 1.94. The molecule has 0 amide bonds. The van der Waals surface area contributed by atoms with E-state index in [-0.39, 0.29) is 0 Å². The fourth-order valence-corrected chi connectivity index (χ4v) is 0.472. The third-order valence-corrected chi connectivity index (χ3v) is 1.29. The van der Waals surface area contributed by atoms with Crippen molar-refractivity contribution in [1.82, 2.24) is 10.9 Å². The topological polar surface area (TPSA) is 24.1 Å². The molecular formula is C7H16N2. The zero-order chi connectivity index (χ0) is 7.11. The number of hydrogen-bond acceptors (Lipinski definition) is 2. The summed E-state index contributed by atoms with van der Waals surface area (Å²) in [7, 11) is 1.87. The van der Waals surface area contributed by atoms with Crippen LogP contribution in [0.3, 0.4) is 0 Å². The lowest BCUT2D eigenvalue weighted by Crippen LogP contribution is -2.27. The first-order chi connectivity index (χ1) is 4.31. The smallest absolute Gasteiger partial charge is 0.0283 e. The van der Waals surface area contributed by atoms with Gasteiger partial charge in [0.25, 0.3) is 0 Å². The molecule has 0 aromatic rings. The standard InChI is InChI=1S/C7H16N2/c1-4-7(2)5-6-9-8-3/h5,8-9H,4,6H2,1-3H3/b7-5+. The molecule has 0 aliphatic heterocycles. The Morgan fingerprint density at radius 2 is 2.22 bits per heavy atom. The van der Waals surface area contributed by atoms with Crippen molar-refractivity contribution >= 4 is 0 Å². The van der Waals surface area contributed by atoms with E-state index in [1.165, 1.54) is 5.57 Å². The highest BCUT2D eigenvalue weighted by molar-refractivity contribution is 4.97. The first kappa shape index (κ1) is 8.66. The van der Waals surface area contributed by atoms with Crippen LogP contribution in [0.25, 0.3) is 0 Å². The second-order valence-corrected chi connectivity index (χ2v) is 2.03. The summed E-state index contributed by atoms with van der Waals surface area (Å²) in [6, 6.07) is 0. The van der Waals surface area contributed by atoms with Crippen LogP contribution < -0.4 is 10.9 Å². The second kappa shape index (κ2) is 5.79. The summed E-state index contributed by atoms with van der Waals surface area (Å²) in [6.45, 7) is 5.21. The molecule has 2 heteroatoms. The van der Waals surface area contributed by atoms with E-state index in [2.05, 4.69) is 30.8 Å². The van der Waals surface area contributed by atoms with E-state index in [0.29, 0.717) is 0 Å². The van der Waals surface area contributed by atoms with Gasteiger partial charge in [-0.25, -0.2) is 0 Å². The SMILES string of the molecule is CC/C(C)=C/CNNC. The Bertz CT molecular complexity index is 86.9. The Morgan fingerprint density at radius 3 is 2.67 bits per heavy atom. The van der Waals surface area contributed by atoms with Crippen molar-refractivity contribution < 1.29 is 0 Å². The second-order valence-electron chi connectivity index (χ2n) is 2.03. The van der Waals surface area contributed by atoms with Gasteiger partial charge in [-0.3, -0.25) is 10.9 Å². The first-order valence-electron chi connectivity index (χ1n) is 3.36. The normalized spacial score (nSPS) is 12.1. The maximum Gasteiger partial charge on any atom is 0.0283 e. The molecule has 0 aliphatic carbocycles. The number of rotatable bonds is 4. The molecule has 0 aromatic heterocycles. The van der Waals surface area contributed by atoms with Crippen LogP contribution in [0.5, 0.6) is 0 Å². The van der Waals surface area contributed by atoms with Gasteiger partial charge in [0.1, 0.15) is 0 Å². The summed E-state index contributed by atoms with van der Waals surface area (Å²) in [4.78, 5) is 0. The van der Waals surface area contributed by atoms with Gasteiger partial charge >= 0.3 is 0 Å². The van der Waals surface area contributed by atoms with Gasteiger partial charge in [0.2, 0.25) is 0 Å². The zero-order valence-corrected chi connectivity index (χ0v) is 6.49. The molecule has 0 spiro atoms. The molecule has 0 bridgehead atoms. The monoisotopic (exact) mass is 128 g/mol. The third kappa shape index (κ3) is 5.53. The largest absolute Gasteiger partial charge is 0.261 e. The fraction of sp³-hybridized carbons (Fsp3) is 0.714. The molecule has 0 rings (SSSR count). The van der Waals surface area contributed by atoms with Crippen LogP contribution >= 0.6 is 0 Å². The highest BCUT2D eigenvalue weighted by atomic mass is 15.3. The molecule has 0 unspecified atom stereocenters. The molecule has 0 aliphatic rings. The highest BCUT2D eigenvalue weighted by Gasteiger charge is 1.80. The van der Waals surface area contributed by atoms with E-state index in [1.54, 1.807) is 0 Å². The van der Waals surface area contributed by atoms with Crippen molar-refractivity contribution in [3.05, 3.63) is 11.6 Å². The minimum atomic E-state index is 0.913. The average molecular weight is 128 g/mol. The van der Waals surface area contributed by atoms with Gasteiger partial charge in [-0.2, -0.15) is 0 Å². The fourth-order valence-electron chi connectivity index (χ4n) is 0.472. The Hall–Kier alpha value is -0.340. The Kier molecular flexibility index (Phi) is 5.57. The first-order valence-corrected chi connectivity index (χ1v) is 3.36. The molecule has 9 heavy (non-hydrogen) atoms. The molecule has 0 saturated carbocycles. The molecule has 54 valence electrons. The maximum absolute atomic E-state index is 2.99. The molecule has 0 heterocycles. The van der Waals surface area contributed by atoms with Crippen LogP contribution in [0.15, 0.2) is 11.6 Å². The maximum atomic E-state index is 2.99. The summed E-state index contributed by atoms with van der Waals surface area (Å²) >= 11 is 0. The van der Waals surface area contributed by atoms with Gasteiger partial charge in [0.15, 0.2) is 0 Å². The quantitative estimate of drug-likeness (QED) is 0.336. The Morgan fingerprint density at radius 1 is 1.56 bits per heavy atom. The Labute approximate surface area is 57.3 Å². The van der Waals surface area contributed by atoms with E-state index < -0.39 is 0 Å².